The van der Waals surface area contributed by atoms with E-state index in [0.717, 1.165) is 0 Å². The minimum atomic E-state index is -1.76. The maximum absolute atomic E-state index is 13.5. The van der Waals surface area contributed by atoms with E-state index in [0.29, 0.717) is 0 Å². The van der Waals surface area contributed by atoms with Crippen molar-refractivity contribution in [2.45, 2.75) is 0 Å². The van der Waals surface area contributed by atoms with E-state index in [1.807, 2.05) is 0 Å². The molecular formula is C14H4F4N2O. The third-order valence-electron chi connectivity index (χ3n) is 2.53. The third kappa shape index (κ3) is 2.49. The first-order valence-corrected chi connectivity index (χ1v) is 5.43. The van der Waals surface area contributed by atoms with Crippen molar-refractivity contribution in [3.8, 4) is 23.6 Å². The Morgan fingerprint density at radius 1 is 0.810 bits per heavy atom. The number of ether oxygens (including phenoxy) is 1. The Bertz CT molecular complexity index is 748. The highest BCUT2D eigenvalue weighted by molar-refractivity contribution is 5.55. The Morgan fingerprint density at radius 2 is 1.29 bits per heavy atom. The molecule has 104 valence electrons. The molecule has 2 rings (SSSR count). The van der Waals surface area contributed by atoms with Crippen LogP contribution in [0.25, 0.3) is 0 Å². The molecule has 0 fully saturated rings. The van der Waals surface area contributed by atoms with Crippen molar-refractivity contribution in [1.29, 1.82) is 10.5 Å². The molecule has 2 aromatic carbocycles. The average molecular weight is 292 g/mol. The molecule has 3 nitrogen and oxygen atoms in total. The Morgan fingerprint density at radius 3 is 1.71 bits per heavy atom. The van der Waals surface area contributed by atoms with Crippen LogP contribution in [0.5, 0.6) is 11.5 Å². The van der Waals surface area contributed by atoms with Gasteiger partial charge in [-0.05, 0) is 12.1 Å². The Hall–Kier alpha value is -3.06. The molecule has 21 heavy (non-hydrogen) atoms. The van der Waals surface area contributed by atoms with Crippen LogP contribution >= 0.6 is 0 Å². The van der Waals surface area contributed by atoms with Gasteiger partial charge in [0.2, 0.25) is 17.4 Å². The lowest BCUT2D eigenvalue weighted by Gasteiger charge is -2.11. The lowest BCUT2D eigenvalue weighted by Crippen LogP contribution is -2.01. The van der Waals surface area contributed by atoms with Crippen LogP contribution in [0, 0.1) is 45.9 Å². The smallest absolute Gasteiger partial charge is 0.204 e. The van der Waals surface area contributed by atoms with E-state index in [9.17, 15) is 17.6 Å². The van der Waals surface area contributed by atoms with E-state index >= 15 is 0 Å². The van der Waals surface area contributed by atoms with Crippen molar-refractivity contribution < 1.29 is 22.3 Å². The van der Waals surface area contributed by atoms with Gasteiger partial charge in [0.25, 0.3) is 0 Å². The average Bonchev–Trinajstić information content (AvgIpc) is 2.49. The van der Waals surface area contributed by atoms with Crippen LogP contribution in [0.3, 0.4) is 0 Å². The lowest BCUT2D eigenvalue weighted by atomic mass is 10.1. The minimum absolute atomic E-state index is 0.0267. The first-order chi connectivity index (χ1) is 9.99. The molecule has 0 N–H and O–H groups in total. The molecular weight excluding hydrogens is 288 g/mol. The summed E-state index contributed by atoms with van der Waals surface area (Å²) in [6, 6.07) is 7.12. The number of benzene rings is 2. The first kappa shape index (κ1) is 14.4. The van der Waals surface area contributed by atoms with Crippen LogP contribution in [0.15, 0.2) is 24.3 Å². The zero-order valence-electron chi connectivity index (χ0n) is 10.1. The Kier molecular flexibility index (Phi) is 3.77. The fraction of sp³-hybridized carbons (Fsp3) is 0. The van der Waals surface area contributed by atoms with Crippen molar-refractivity contribution in [2.75, 3.05) is 0 Å². The van der Waals surface area contributed by atoms with Crippen molar-refractivity contribution in [3.63, 3.8) is 0 Å². The van der Waals surface area contributed by atoms with E-state index in [4.69, 9.17) is 15.3 Å². The fourth-order valence-corrected chi connectivity index (χ4v) is 1.57. The fourth-order valence-electron chi connectivity index (χ4n) is 1.57. The molecule has 0 atom stereocenters. The van der Waals surface area contributed by atoms with Gasteiger partial charge in [0.05, 0.1) is 11.1 Å². The van der Waals surface area contributed by atoms with Gasteiger partial charge in [-0.1, -0.05) is 6.07 Å². The second kappa shape index (κ2) is 5.51. The van der Waals surface area contributed by atoms with E-state index in [-0.39, 0.29) is 17.2 Å². The Labute approximate surface area is 116 Å². The molecule has 7 heteroatoms. The van der Waals surface area contributed by atoms with E-state index < -0.39 is 34.8 Å². The zero-order valence-corrected chi connectivity index (χ0v) is 10.1. The number of para-hydroxylation sites is 1. The van der Waals surface area contributed by atoms with Crippen LogP contribution < -0.4 is 4.74 Å². The second-order valence-electron chi connectivity index (χ2n) is 3.81. The number of nitriles is 2. The molecule has 0 aromatic heterocycles. The van der Waals surface area contributed by atoms with Gasteiger partial charge in [-0.2, -0.15) is 19.3 Å². The van der Waals surface area contributed by atoms with Crippen molar-refractivity contribution in [3.05, 3.63) is 58.7 Å². The number of nitrogens with zero attached hydrogens (tertiary/aromatic N) is 2. The lowest BCUT2D eigenvalue weighted by molar-refractivity contribution is 0.365. The van der Waals surface area contributed by atoms with Gasteiger partial charge in [0.1, 0.15) is 12.1 Å². The van der Waals surface area contributed by atoms with Crippen LogP contribution in [-0.4, -0.2) is 0 Å². The van der Waals surface area contributed by atoms with Crippen LogP contribution in [0.1, 0.15) is 11.1 Å². The molecule has 0 saturated carbocycles. The quantitative estimate of drug-likeness (QED) is 0.625. The van der Waals surface area contributed by atoms with E-state index in [2.05, 4.69) is 0 Å². The highest BCUT2D eigenvalue weighted by atomic mass is 19.2. The molecule has 0 aliphatic rings. The summed E-state index contributed by atoms with van der Waals surface area (Å²) in [5, 5.41) is 17.8. The molecule has 2 aromatic rings. The molecule has 0 aliphatic carbocycles. The van der Waals surface area contributed by atoms with E-state index in [1.54, 1.807) is 12.1 Å². The van der Waals surface area contributed by atoms with Crippen molar-refractivity contribution >= 4 is 0 Å². The monoisotopic (exact) mass is 292 g/mol. The summed E-state index contributed by atoms with van der Waals surface area (Å²) in [5.41, 5.74) is -0.421. The van der Waals surface area contributed by atoms with Gasteiger partial charge >= 0.3 is 0 Å². The summed E-state index contributed by atoms with van der Waals surface area (Å²) in [6.45, 7) is 0. The molecule has 0 heterocycles. The predicted octanol–water partition coefficient (Wildman–Crippen LogP) is 3.78. The minimum Gasteiger partial charge on any atom is -0.448 e. The summed E-state index contributed by atoms with van der Waals surface area (Å²) in [4.78, 5) is 0. The predicted molar refractivity (Wildman–Crippen MR) is 62.2 cm³/mol. The van der Waals surface area contributed by atoms with Gasteiger partial charge < -0.3 is 4.74 Å². The zero-order chi connectivity index (χ0) is 15.6. The molecule has 0 unspecified atom stereocenters. The molecule has 0 saturated heterocycles. The number of hydrogen-bond acceptors (Lipinski definition) is 3. The van der Waals surface area contributed by atoms with Gasteiger partial charge in [-0.25, -0.2) is 8.78 Å². The normalized spacial score (nSPS) is 9.81. The largest absolute Gasteiger partial charge is 0.448 e. The van der Waals surface area contributed by atoms with Crippen LogP contribution in [0.4, 0.5) is 17.6 Å². The summed E-state index contributed by atoms with van der Waals surface area (Å²) in [7, 11) is 0. The van der Waals surface area contributed by atoms with Crippen LogP contribution in [-0.2, 0) is 0 Å². The first-order valence-electron chi connectivity index (χ1n) is 5.43. The van der Waals surface area contributed by atoms with Gasteiger partial charge in [0, 0.05) is 6.07 Å². The highest BCUT2D eigenvalue weighted by Gasteiger charge is 2.23. The second-order valence-corrected chi connectivity index (χ2v) is 3.81. The Balaban J connectivity index is 2.65. The maximum Gasteiger partial charge on any atom is 0.204 e. The number of hydrogen-bond donors (Lipinski definition) is 0. The SMILES string of the molecule is N#Cc1cccc(C#N)c1Oc1c(F)c(F)cc(F)c1F. The highest BCUT2D eigenvalue weighted by Crippen LogP contribution is 2.34. The number of halogens is 4. The van der Waals surface area contributed by atoms with Crippen LogP contribution in [0.2, 0.25) is 0 Å². The maximum atomic E-state index is 13.5. The van der Waals surface area contributed by atoms with Crippen molar-refractivity contribution in [1.82, 2.24) is 0 Å². The topological polar surface area (TPSA) is 56.8 Å². The van der Waals surface area contributed by atoms with Gasteiger partial charge in [-0.15, -0.1) is 0 Å². The van der Waals surface area contributed by atoms with Crippen molar-refractivity contribution in [2.24, 2.45) is 0 Å². The summed E-state index contributed by atoms with van der Waals surface area (Å²) in [6.07, 6.45) is 0. The summed E-state index contributed by atoms with van der Waals surface area (Å²) < 4.78 is 58.0. The standard InChI is InChI=1S/C14H4F4N2O/c15-9-4-10(16)12(18)14(11(9)17)21-13-7(5-19)2-1-3-8(13)6-20/h1-4H. The summed E-state index contributed by atoms with van der Waals surface area (Å²) >= 11 is 0. The molecule has 0 aliphatic heterocycles. The summed E-state index contributed by atoms with van der Waals surface area (Å²) in [5.74, 6) is -8.67. The number of rotatable bonds is 2. The van der Waals surface area contributed by atoms with Gasteiger partial charge in [0.15, 0.2) is 17.4 Å². The molecule has 0 spiro atoms. The third-order valence-corrected chi connectivity index (χ3v) is 2.53. The van der Waals surface area contributed by atoms with E-state index in [1.165, 1.54) is 18.2 Å². The molecule has 0 bridgehead atoms. The molecule has 0 radical (unpaired) electrons. The molecule has 0 amide bonds. The van der Waals surface area contributed by atoms with Gasteiger partial charge in [-0.3, -0.25) is 0 Å².